The predicted octanol–water partition coefficient (Wildman–Crippen LogP) is 1.32. The zero-order valence-electron chi connectivity index (χ0n) is 11.1. The van der Waals surface area contributed by atoms with Crippen molar-refractivity contribution >= 4 is 5.91 Å². The van der Waals surface area contributed by atoms with Gasteiger partial charge in [0.05, 0.1) is 19.1 Å². The average molecular weight is 252 g/mol. The second-order valence-corrected chi connectivity index (χ2v) is 5.14. The van der Waals surface area contributed by atoms with E-state index in [0.717, 1.165) is 38.8 Å². The molecule has 0 aromatic rings. The van der Waals surface area contributed by atoms with Gasteiger partial charge in [0.1, 0.15) is 0 Å². The Morgan fingerprint density at radius 2 is 2.06 bits per heavy atom. The molecule has 1 heterocycles. The minimum Gasteiger partial charge on any atom is -0.378 e. The second-order valence-electron chi connectivity index (χ2n) is 5.14. The maximum absolute atomic E-state index is 12.0. The van der Waals surface area contributed by atoms with Crippen LogP contribution in [0, 0.1) is 0 Å². The van der Waals surface area contributed by atoms with Crippen LogP contribution in [0.4, 0.5) is 0 Å². The van der Waals surface area contributed by atoms with Gasteiger partial charge >= 0.3 is 0 Å². The smallest absolute Gasteiger partial charge is 0.225 e. The second kappa shape index (κ2) is 6.90. The maximum atomic E-state index is 12.0. The highest BCUT2D eigenvalue weighted by atomic mass is 16.5. The van der Waals surface area contributed by atoms with E-state index in [1.807, 2.05) is 11.0 Å². The molecule has 1 amide bonds. The molecule has 0 aromatic carbocycles. The van der Waals surface area contributed by atoms with Crippen LogP contribution in [0.1, 0.15) is 32.1 Å². The van der Waals surface area contributed by atoms with Gasteiger partial charge in [0, 0.05) is 12.6 Å². The van der Waals surface area contributed by atoms with Crippen LogP contribution in [-0.4, -0.2) is 49.2 Å². The molecule has 1 N–H and O–H groups in total. The summed E-state index contributed by atoms with van der Waals surface area (Å²) >= 11 is 0. The van der Waals surface area contributed by atoms with E-state index in [2.05, 4.69) is 11.9 Å². The van der Waals surface area contributed by atoms with Gasteiger partial charge in [-0.15, -0.1) is 6.58 Å². The fraction of sp³-hybridized carbons (Fsp3) is 0.786. The lowest BCUT2D eigenvalue weighted by Gasteiger charge is -2.24. The lowest BCUT2D eigenvalue weighted by molar-refractivity contribution is -0.133. The molecule has 1 aliphatic heterocycles. The Morgan fingerprint density at radius 3 is 2.67 bits per heavy atom. The monoisotopic (exact) mass is 252 g/mol. The summed E-state index contributed by atoms with van der Waals surface area (Å²) in [5.41, 5.74) is 0. The van der Waals surface area contributed by atoms with E-state index < -0.39 is 0 Å². The van der Waals surface area contributed by atoms with Gasteiger partial charge in [-0.05, 0) is 38.8 Å². The van der Waals surface area contributed by atoms with E-state index >= 15 is 0 Å². The summed E-state index contributed by atoms with van der Waals surface area (Å²) in [6.45, 7) is 7.01. The van der Waals surface area contributed by atoms with E-state index in [-0.39, 0.29) is 5.91 Å². The number of hydrogen-bond donors (Lipinski definition) is 1. The first-order valence-electron chi connectivity index (χ1n) is 7.04. The van der Waals surface area contributed by atoms with Gasteiger partial charge in [0.15, 0.2) is 0 Å². The number of rotatable bonds is 7. The van der Waals surface area contributed by atoms with Crippen molar-refractivity contribution in [2.75, 3.05) is 26.2 Å². The van der Waals surface area contributed by atoms with Crippen molar-refractivity contribution in [2.45, 2.75) is 44.2 Å². The van der Waals surface area contributed by atoms with Crippen LogP contribution in [0.25, 0.3) is 0 Å². The lowest BCUT2D eigenvalue weighted by Crippen LogP contribution is -2.35. The Bertz CT molecular complexity index is 284. The molecule has 102 valence electrons. The number of nitrogens with one attached hydrogen (secondary N) is 1. The number of piperidine rings is 1. The summed E-state index contributed by atoms with van der Waals surface area (Å²) in [5, 5.41) is 3.31. The van der Waals surface area contributed by atoms with Gasteiger partial charge < -0.3 is 15.0 Å². The molecule has 0 bridgehead atoms. The Hall–Kier alpha value is -0.870. The summed E-state index contributed by atoms with van der Waals surface area (Å²) in [6.07, 6.45) is 7.08. The molecule has 4 heteroatoms. The Labute approximate surface area is 109 Å². The standard InChI is InChI=1S/C14H24N2O2/c1-2-10-16(12-3-4-12)14(17)7-11-18-13-5-8-15-9-6-13/h2,12-13,15H,1,3-11H2. The van der Waals surface area contributed by atoms with Crippen LogP contribution in [0.15, 0.2) is 12.7 Å². The molecule has 1 saturated heterocycles. The third-order valence-corrected chi connectivity index (χ3v) is 3.59. The van der Waals surface area contributed by atoms with Gasteiger partial charge in [0.25, 0.3) is 0 Å². The summed E-state index contributed by atoms with van der Waals surface area (Å²) in [4.78, 5) is 14.0. The van der Waals surface area contributed by atoms with Gasteiger partial charge in [-0.1, -0.05) is 6.08 Å². The number of ether oxygens (including phenoxy) is 1. The summed E-state index contributed by atoms with van der Waals surface area (Å²) in [7, 11) is 0. The molecule has 2 rings (SSSR count). The highest BCUT2D eigenvalue weighted by Crippen LogP contribution is 2.27. The average Bonchev–Trinajstić information content (AvgIpc) is 3.21. The van der Waals surface area contributed by atoms with E-state index in [1.165, 1.54) is 0 Å². The molecule has 0 unspecified atom stereocenters. The highest BCUT2D eigenvalue weighted by molar-refractivity contribution is 5.77. The van der Waals surface area contributed by atoms with Crippen LogP contribution < -0.4 is 5.32 Å². The predicted molar refractivity (Wildman–Crippen MR) is 71.4 cm³/mol. The number of hydrogen-bond acceptors (Lipinski definition) is 3. The first-order chi connectivity index (χ1) is 8.81. The van der Waals surface area contributed by atoms with Crippen LogP contribution in [0.3, 0.4) is 0 Å². The van der Waals surface area contributed by atoms with Gasteiger partial charge in [0.2, 0.25) is 5.91 Å². The minimum absolute atomic E-state index is 0.214. The van der Waals surface area contributed by atoms with E-state index in [1.54, 1.807) is 0 Å². The Morgan fingerprint density at radius 1 is 1.33 bits per heavy atom. The Balaban J connectivity index is 1.64. The van der Waals surface area contributed by atoms with E-state index in [0.29, 0.717) is 31.7 Å². The van der Waals surface area contributed by atoms with E-state index in [4.69, 9.17) is 4.74 Å². The molecule has 0 spiro atoms. The zero-order valence-corrected chi connectivity index (χ0v) is 11.1. The topological polar surface area (TPSA) is 41.6 Å². The zero-order chi connectivity index (χ0) is 12.8. The quantitative estimate of drug-likeness (QED) is 0.695. The fourth-order valence-electron chi connectivity index (χ4n) is 2.40. The van der Waals surface area contributed by atoms with Gasteiger partial charge in [-0.3, -0.25) is 4.79 Å². The molecule has 0 atom stereocenters. The molecule has 0 aromatic heterocycles. The van der Waals surface area contributed by atoms with Crippen molar-refractivity contribution in [3.63, 3.8) is 0 Å². The van der Waals surface area contributed by atoms with Crippen LogP contribution in [0.5, 0.6) is 0 Å². The third kappa shape index (κ3) is 4.10. The maximum Gasteiger partial charge on any atom is 0.225 e. The molecule has 1 saturated carbocycles. The van der Waals surface area contributed by atoms with Crippen LogP contribution in [-0.2, 0) is 9.53 Å². The van der Waals surface area contributed by atoms with Crippen molar-refractivity contribution in [1.82, 2.24) is 10.2 Å². The SMILES string of the molecule is C=CCN(C(=O)CCOC1CCNCC1)C1CC1. The molecule has 18 heavy (non-hydrogen) atoms. The highest BCUT2D eigenvalue weighted by Gasteiger charge is 2.31. The van der Waals surface area contributed by atoms with Crippen molar-refractivity contribution in [3.05, 3.63) is 12.7 Å². The van der Waals surface area contributed by atoms with E-state index in [9.17, 15) is 4.79 Å². The van der Waals surface area contributed by atoms with Gasteiger partial charge in [-0.25, -0.2) is 0 Å². The van der Waals surface area contributed by atoms with Gasteiger partial charge in [-0.2, -0.15) is 0 Å². The molecule has 4 nitrogen and oxygen atoms in total. The first kappa shape index (κ1) is 13.6. The summed E-state index contributed by atoms with van der Waals surface area (Å²) in [6, 6.07) is 0.467. The molecule has 0 radical (unpaired) electrons. The minimum atomic E-state index is 0.214. The molecule has 2 aliphatic rings. The van der Waals surface area contributed by atoms with Crippen molar-refractivity contribution in [3.8, 4) is 0 Å². The lowest BCUT2D eigenvalue weighted by atomic mass is 10.1. The summed E-state index contributed by atoms with van der Waals surface area (Å²) < 4.78 is 5.77. The number of nitrogens with zero attached hydrogens (tertiary/aromatic N) is 1. The van der Waals surface area contributed by atoms with Crippen LogP contribution in [0.2, 0.25) is 0 Å². The van der Waals surface area contributed by atoms with Crippen LogP contribution >= 0.6 is 0 Å². The van der Waals surface area contributed by atoms with Crippen molar-refractivity contribution in [1.29, 1.82) is 0 Å². The Kier molecular flexibility index (Phi) is 5.20. The molecule has 2 fully saturated rings. The number of carbonyl (C=O) groups is 1. The number of carbonyl (C=O) groups excluding carboxylic acids is 1. The van der Waals surface area contributed by atoms with Crippen molar-refractivity contribution in [2.24, 2.45) is 0 Å². The molecular weight excluding hydrogens is 228 g/mol. The normalized spacial score (nSPS) is 20.7. The fourth-order valence-corrected chi connectivity index (χ4v) is 2.40. The molecule has 1 aliphatic carbocycles. The first-order valence-corrected chi connectivity index (χ1v) is 7.04. The largest absolute Gasteiger partial charge is 0.378 e. The third-order valence-electron chi connectivity index (χ3n) is 3.59. The van der Waals surface area contributed by atoms with Crippen molar-refractivity contribution < 1.29 is 9.53 Å². The summed E-state index contributed by atoms with van der Waals surface area (Å²) in [5.74, 6) is 0.214. The number of amides is 1. The molecular formula is C14H24N2O2.